The number of likely N-dealkylation sites (N-methyl/N-ethyl adjacent to an activating group) is 1. The minimum Gasteiger partial charge on any atom is -0.756 e. The largest absolute Gasteiger partial charge is 0.756 e. The van der Waals surface area contributed by atoms with Crippen LogP contribution in [0.15, 0.2) is 12.2 Å². The number of nitrogens with one attached hydrogen (secondary N) is 1. The summed E-state index contributed by atoms with van der Waals surface area (Å²) >= 11 is 0. The Labute approximate surface area is 316 Å². The lowest BCUT2D eigenvalue weighted by atomic mass is 10.0. The molecular formula is C42H85N2O6P. The van der Waals surface area contributed by atoms with Gasteiger partial charge in [-0.3, -0.25) is 9.36 Å². The fraction of sp³-hybridized carbons (Fsp3) is 0.929. The van der Waals surface area contributed by atoms with E-state index in [-0.39, 0.29) is 19.1 Å². The molecule has 0 rings (SSSR count). The molecule has 0 aromatic rings. The zero-order valence-electron chi connectivity index (χ0n) is 34.3. The number of carbonyl (C=O) groups is 1. The topological polar surface area (TPSA) is 108 Å². The number of phosphoric acid groups is 1. The summed E-state index contributed by atoms with van der Waals surface area (Å²) < 4.78 is 23.2. The normalized spacial score (nSPS) is 14.6. The van der Waals surface area contributed by atoms with E-state index >= 15 is 0 Å². The predicted octanol–water partition coefficient (Wildman–Crippen LogP) is 10.9. The molecule has 1 unspecified atom stereocenters. The van der Waals surface area contributed by atoms with Crippen LogP contribution in [0, 0.1) is 0 Å². The molecular weight excluding hydrogens is 659 g/mol. The van der Waals surface area contributed by atoms with Gasteiger partial charge in [-0.1, -0.05) is 187 Å². The summed E-state index contributed by atoms with van der Waals surface area (Å²) in [5.41, 5.74) is 0. The number of unbranched alkanes of at least 4 members (excludes halogenated alkanes) is 26. The third-order valence-electron chi connectivity index (χ3n) is 9.75. The van der Waals surface area contributed by atoms with Gasteiger partial charge in [-0.2, -0.15) is 0 Å². The lowest BCUT2D eigenvalue weighted by molar-refractivity contribution is -0.870. The summed E-state index contributed by atoms with van der Waals surface area (Å²) in [6.07, 6.45) is 38.1. The van der Waals surface area contributed by atoms with Crippen LogP contribution in [-0.2, 0) is 18.4 Å². The van der Waals surface area contributed by atoms with Crippen LogP contribution in [-0.4, -0.2) is 68.5 Å². The molecule has 0 fully saturated rings. The highest BCUT2D eigenvalue weighted by atomic mass is 31.2. The van der Waals surface area contributed by atoms with E-state index in [0.29, 0.717) is 17.4 Å². The average molecular weight is 745 g/mol. The summed E-state index contributed by atoms with van der Waals surface area (Å²) in [4.78, 5) is 25.2. The monoisotopic (exact) mass is 745 g/mol. The van der Waals surface area contributed by atoms with E-state index < -0.39 is 20.0 Å². The van der Waals surface area contributed by atoms with Gasteiger partial charge in [0.1, 0.15) is 13.2 Å². The third kappa shape index (κ3) is 37.4. The highest BCUT2D eigenvalue weighted by molar-refractivity contribution is 7.45. The van der Waals surface area contributed by atoms with Gasteiger partial charge in [0.05, 0.1) is 39.9 Å². The highest BCUT2D eigenvalue weighted by Gasteiger charge is 2.23. The van der Waals surface area contributed by atoms with Gasteiger partial charge in [-0.15, -0.1) is 0 Å². The number of hydrogen-bond donors (Lipinski definition) is 2. The Balaban J connectivity index is 4.44. The molecule has 0 bridgehead atoms. The number of phosphoric ester groups is 1. The van der Waals surface area contributed by atoms with Gasteiger partial charge in [0.25, 0.3) is 7.82 Å². The van der Waals surface area contributed by atoms with Gasteiger partial charge in [-0.05, 0) is 19.3 Å². The van der Waals surface area contributed by atoms with E-state index in [2.05, 4.69) is 19.2 Å². The van der Waals surface area contributed by atoms with E-state index in [9.17, 15) is 19.4 Å². The summed E-state index contributed by atoms with van der Waals surface area (Å²) in [5, 5.41) is 13.8. The van der Waals surface area contributed by atoms with Gasteiger partial charge in [0.2, 0.25) is 5.91 Å². The zero-order valence-corrected chi connectivity index (χ0v) is 35.2. The number of quaternary nitrogens is 1. The molecule has 8 nitrogen and oxygen atoms in total. The standard InChI is InChI=1S/C42H85N2O6P/c1-6-8-10-12-14-16-18-20-22-23-25-27-29-31-33-35-41(45)40(39-50-51(47,48)49-38-37-44(3,4)5)43-42(46)36-34-32-30-28-26-24-21-19-17-15-13-11-9-7-2/h33,35,40-41,45H,6-32,34,36-39H2,1-5H3,(H-,43,46,47,48)/b35-33+/t40-,41+/m0/s1. The van der Waals surface area contributed by atoms with Gasteiger partial charge in [0, 0.05) is 6.42 Å². The van der Waals surface area contributed by atoms with Crippen molar-refractivity contribution in [2.45, 2.75) is 212 Å². The van der Waals surface area contributed by atoms with Crippen molar-refractivity contribution in [2.75, 3.05) is 40.9 Å². The molecule has 0 saturated heterocycles. The predicted molar refractivity (Wildman–Crippen MR) is 215 cm³/mol. The quantitative estimate of drug-likeness (QED) is 0.0281. The van der Waals surface area contributed by atoms with Crippen LogP contribution in [0.5, 0.6) is 0 Å². The van der Waals surface area contributed by atoms with Crippen LogP contribution in [0.4, 0.5) is 0 Å². The van der Waals surface area contributed by atoms with Gasteiger partial charge >= 0.3 is 0 Å². The molecule has 0 aromatic heterocycles. The maximum absolute atomic E-state index is 12.8. The smallest absolute Gasteiger partial charge is 0.268 e. The molecule has 0 aromatic carbocycles. The van der Waals surface area contributed by atoms with Crippen molar-refractivity contribution in [2.24, 2.45) is 0 Å². The maximum Gasteiger partial charge on any atom is 0.268 e. The molecule has 1 amide bonds. The van der Waals surface area contributed by atoms with Crippen molar-refractivity contribution in [3.8, 4) is 0 Å². The zero-order chi connectivity index (χ0) is 37.9. The Morgan fingerprint density at radius 1 is 0.667 bits per heavy atom. The first-order valence-electron chi connectivity index (χ1n) is 21.6. The van der Waals surface area contributed by atoms with Gasteiger partial charge < -0.3 is 28.8 Å². The molecule has 304 valence electrons. The SMILES string of the molecule is CCCCCCCCCCCCCCC/C=C/[C@@H](O)[C@H](COP(=O)([O-])OCC[N+](C)(C)C)NC(=O)CCCCCCCCCCCCCCCC. The van der Waals surface area contributed by atoms with E-state index in [1.165, 1.54) is 141 Å². The summed E-state index contributed by atoms with van der Waals surface area (Å²) in [6, 6.07) is -0.878. The van der Waals surface area contributed by atoms with Crippen LogP contribution in [0.3, 0.4) is 0 Å². The molecule has 51 heavy (non-hydrogen) atoms. The summed E-state index contributed by atoms with van der Waals surface area (Å²) in [6.45, 7) is 4.65. The van der Waals surface area contributed by atoms with Crippen molar-refractivity contribution in [1.29, 1.82) is 0 Å². The molecule has 0 radical (unpaired) electrons. The number of hydrogen-bond acceptors (Lipinski definition) is 6. The molecule has 0 aliphatic carbocycles. The highest BCUT2D eigenvalue weighted by Crippen LogP contribution is 2.38. The number of amides is 1. The van der Waals surface area contributed by atoms with E-state index in [1.807, 2.05) is 27.2 Å². The number of carbonyl (C=O) groups excluding carboxylic acids is 1. The number of aliphatic hydroxyl groups is 1. The summed E-state index contributed by atoms with van der Waals surface area (Å²) in [5.74, 6) is -0.196. The van der Waals surface area contributed by atoms with Crippen LogP contribution in [0.2, 0.25) is 0 Å². The lowest BCUT2D eigenvalue weighted by Crippen LogP contribution is -2.45. The number of allylic oxidation sites excluding steroid dienone is 1. The van der Waals surface area contributed by atoms with Crippen molar-refractivity contribution in [3.05, 3.63) is 12.2 Å². The first kappa shape index (κ1) is 50.2. The fourth-order valence-corrected chi connectivity index (χ4v) is 6.99. The first-order chi connectivity index (χ1) is 24.5. The molecule has 2 N–H and O–H groups in total. The third-order valence-corrected chi connectivity index (χ3v) is 10.7. The van der Waals surface area contributed by atoms with Gasteiger partial charge in [-0.25, -0.2) is 0 Å². The maximum atomic E-state index is 12.8. The minimum absolute atomic E-state index is 0.00199. The first-order valence-corrected chi connectivity index (χ1v) is 23.0. The van der Waals surface area contributed by atoms with Crippen LogP contribution >= 0.6 is 7.82 Å². The number of rotatable bonds is 39. The molecule has 0 saturated carbocycles. The van der Waals surface area contributed by atoms with Crippen LogP contribution in [0.1, 0.15) is 200 Å². The van der Waals surface area contributed by atoms with Crippen LogP contribution < -0.4 is 10.2 Å². The molecule has 9 heteroatoms. The summed E-state index contributed by atoms with van der Waals surface area (Å²) in [7, 11) is 1.27. The molecule has 0 spiro atoms. The van der Waals surface area contributed by atoms with E-state index in [0.717, 1.165) is 38.5 Å². The van der Waals surface area contributed by atoms with Crippen molar-refractivity contribution in [1.82, 2.24) is 5.32 Å². The van der Waals surface area contributed by atoms with Gasteiger partial charge in [0.15, 0.2) is 0 Å². The lowest BCUT2D eigenvalue weighted by Gasteiger charge is -2.29. The molecule has 0 aliphatic rings. The van der Waals surface area contributed by atoms with E-state index in [1.54, 1.807) is 6.08 Å². The minimum atomic E-state index is -4.58. The Kier molecular flexibility index (Phi) is 34.5. The second-order valence-electron chi connectivity index (χ2n) is 16.1. The second-order valence-corrected chi connectivity index (χ2v) is 17.5. The molecule has 3 atom stereocenters. The molecule has 0 heterocycles. The van der Waals surface area contributed by atoms with Crippen molar-refractivity contribution >= 4 is 13.7 Å². The Hall–Kier alpha value is -0.760. The number of nitrogens with zero attached hydrogens (tertiary/aromatic N) is 1. The van der Waals surface area contributed by atoms with Crippen molar-refractivity contribution in [3.63, 3.8) is 0 Å². The fourth-order valence-electron chi connectivity index (χ4n) is 6.27. The second kappa shape index (κ2) is 35.0. The Bertz CT molecular complexity index is 850. The number of aliphatic hydroxyl groups excluding tert-OH is 1. The average Bonchev–Trinajstić information content (AvgIpc) is 3.07. The molecule has 0 aliphatic heterocycles. The Morgan fingerprint density at radius 3 is 1.47 bits per heavy atom. The Morgan fingerprint density at radius 2 is 1.06 bits per heavy atom. The van der Waals surface area contributed by atoms with Crippen LogP contribution in [0.25, 0.3) is 0 Å². The van der Waals surface area contributed by atoms with E-state index in [4.69, 9.17) is 9.05 Å². The van der Waals surface area contributed by atoms with Crippen molar-refractivity contribution < 1.29 is 32.9 Å².